The van der Waals surface area contributed by atoms with Gasteiger partial charge in [0.15, 0.2) is 0 Å². The summed E-state index contributed by atoms with van der Waals surface area (Å²) in [7, 11) is 0. The van der Waals surface area contributed by atoms with Crippen molar-refractivity contribution in [2.75, 3.05) is 6.54 Å². The Balaban J connectivity index is 2.07. The minimum atomic E-state index is 0.714. The van der Waals surface area contributed by atoms with Crippen molar-refractivity contribution in [2.45, 2.75) is 32.4 Å². The van der Waals surface area contributed by atoms with Crippen molar-refractivity contribution >= 4 is 11.6 Å². The average Bonchev–Trinajstić information content (AvgIpc) is 2.56. The Morgan fingerprint density at radius 1 is 1.43 bits per heavy atom. The molecule has 1 fully saturated rings. The number of hydrogen-bond acceptors (Lipinski definition) is 1. The number of benzene rings is 1. The number of hydrogen-bond donors (Lipinski definition) is 0. The molecule has 0 unspecified atom stereocenters. The van der Waals surface area contributed by atoms with E-state index in [0.717, 1.165) is 11.6 Å². The van der Waals surface area contributed by atoms with Crippen LogP contribution in [-0.4, -0.2) is 17.5 Å². The van der Waals surface area contributed by atoms with E-state index >= 15 is 0 Å². The van der Waals surface area contributed by atoms with Gasteiger partial charge in [-0.1, -0.05) is 29.8 Å². The SMILES string of the molecule is C[C@@H]1CCCN1Cc1ccccc1Cl. The molecule has 1 aliphatic heterocycles. The lowest BCUT2D eigenvalue weighted by Gasteiger charge is -2.21. The number of likely N-dealkylation sites (tertiary alicyclic amines) is 1. The highest BCUT2D eigenvalue weighted by atomic mass is 35.5. The van der Waals surface area contributed by atoms with E-state index in [2.05, 4.69) is 24.0 Å². The standard InChI is InChI=1S/C12H16ClN/c1-10-5-4-8-14(10)9-11-6-2-3-7-12(11)13/h2-3,6-7,10H,4-5,8-9H2,1H3/t10-/m1/s1. The summed E-state index contributed by atoms with van der Waals surface area (Å²) in [4.78, 5) is 2.50. The molecule has 76 valence electrons. The molecule has 2 heteroatoms. The second-order valence-corrected chi connectivity index (χ2v) is 4.46. The zero-order valence-corrected chi connectivity index (χ0v) is 9.30. The largest absolute Gasteiger partial charge is 0.296 e. The third-order valence-corrected chi connectivity index (χ3v) is 3.39. The molecule has 2 rings (SSSR count). The van der Waals surface area contributed by atoms with E-state index in [1.165, 1.54) is 24.9 Å². The summed E-state index contributed by atoms with van der Waals surface area (Å²) < 4.78 is 0. The van der Waals surface area contributed by atoms with Crippen molar-refractivity contribution in [2.24, 2.45) is 0 Å². The lowest BCUT2D eigenvalue weighted by atomic mass is 10.2. The fourth-order valence-electron chi connectivity index (χ4n) is 2.07. The first-order valence-electron chi connectivity index (χ1n) is 5.25. The Bertz CT molecular complexity index is 311. The second kappa shape index (κ2) is 4.33. The first kappa shape index (κ1) is 10.0. The summed E-state index contributed by atoms with van der Waals surface area (Å²) in [6.07, 6.45) is 2.65. The molecular weight excluding hydrogens is 194 g/mol. The maximum atomic E-state index is 6.12. The number of halogens is 1. The van der Waals surface area contributed by atoms with E-state index in [0.29, 0.717) is 6.04 Å². The third-order valence-electron chi connectivity index (χ3n) is 3.02. The highest BCUT2D eigenvalue weighted by molar-refractivity contribution is 6.31. The summed E-state index contributed by atoms with van der Waals surface area (Å²) >= 11 is 6.12. The Morgan fingerprint density at radius 3 is 2.86 bits per heavy atom. The molecule has 0 aliphatic carbocycles. The van der Waals surface area contributed by atoms with Gasteiger partial charge in [0, 0.05) is 17.6 Å². The third kappa shape index (κ3) is 2.10. The molecule has 1 aromatic carbocycles. The topological polar surface area (TPSA) is 3.24 Å². The molecule has 1 saturated heterocycles. The van der Waals surface area contributed by atoms with Gasteiger partial charge < -0.3 is 0 Å². The van der Waals surface area contributed by atoms with Gasteiger partial charge in [0.05, 0.1) is 0 Å². The minimum Gasteiger partial charge on any atom is -0.296 e. The van der Waals surface area contributed by atoms with Crippen LogP contribution in [0.2, 0.25) is 5.02 Å². The fraction of sp³-hybridized carbons (Fsp3) is 0.500. The van der Waals surface area contributed by atoms with Gasteiger partial charge in [-0.25, -0.2) is 0 Å². The van der Waals surface area contributed by atoms with Crippen LogP contribution in [0.15, 0.2) is 24.3 Å². The summed E-state index contributed by atoms with van der Waals surface area (Å²) in [5.74, 6) is 0. The molecule has 1 heterocycles. The van der Waals surface area contributed by atoms with E-state index in [9.17, 15) is 0 Å². The van der Waals surface area contributed by atoms with Gasteiger partial charge in [0.25, 0.3) is 0 Å². The molecule has 0 amide bonds. The highest BCUT2D eigenvalue weighted by Gasteiger charge is 2.20. The normalized spacial score (nSPS) is 22.9. The van der Waals surface area contributed by atoms with Crippen LogP contribution in [0.3, 0.4) is 0 Å². The molecule has 1 aliphatic rings. The summed E-state index contributed by atoms with van der Waals surface area (Å²) in [6.45, 7) is 4.51. The van der Waals surface area contributed by atoms with E-state index in [1.807, 2.05) is 12.1 Å². The molecule has 0 radical (unpaired) electrons. The monoisotopic (exact) mass is 209 g/mol. The molecule has 0 aromatic heterocycles. The van der Waals surface area contributed by atoms with Gasteiger partial charge in [-0.3, -0.25) is 4.90 Å². The summed E-state index contributed by atoms with van der Waals surface area (Å²) in [6, 6.07) is 8.85. The molecule has 0 spiro atoms. The Morgan fingerprint density at radius 2 is 2.21 bits per heavy atom. The predicted octanol–water partition coefficient (Wildman–Crippen LogP) is 3.32. The van der Waals surface area contributed by atoms with E-state index < -0.39 is 0 Å². The summed E-state index contributed by atoms with van der Waals surface area (Å²) in [5, 5.41) is 0.895. The highest BCUT2D eigenvalue weighted by Crippen LogP contribution is 2.22. The van der Waals surface area contributed by atoms with Gasteiger partial charge in [-0.2, -0.15) is 0 Å². The first-order chi connectivity index (χ1) is 6.77. The van der Waals surface area contributed by atoms with Crippen molar-refractivity contribution < 1.29 is 0 Å². The number of nitrogens with zero attached hydrogens (tertiary/aromatic N) is 1. The summed E-state index contributed by atoms with van der Waals surface area (Å²) in [5.41, 5.74) is 1.25. The number of rotatable bonds is 2. The smallest absolute Gasteiger partial charge is 0.0451 e. The lowest BCUT2D eigenvalue weighted by molar-refractivity contribution is 0.260. The van der Waals surface area contributed by atoms with Gasteiger partial charge in [-0.05, 0) is 37.9 Å². The van der Waals surface area contributed by atoms with Crippen LogP contribution < -0.4 is 0 Å². The van der Waals surface area contributed by atoms with Crippen LogP contribution in [0.5, 0.6) is 0 Å². The molecular formula is C12H16ClN. The van der Waals surface area contributed by atoms with Crippen molar-refractivity contribution in [3.63, 3.8) is 0 Å². The van der Waals surface area contributed by atoms with Gasteiger partial charge in [0.2, 0.25) is 0 Å². The van der Waals surface area contributed by atoms with Crippen molar-refractivity contribution in [1.82, 2.24) is 4.90 Å². The first-order valence-corrected chi connectivity index (χ1v) is 5.62. The Hall–Kier alpha value is -0.530. The van der Waals surface area contributed by atoms with Crippen LogP contribution in [0.4, 0.5) is 0 Å². The minimum absolute atomic E-state index is 0.714. The van der Waals surface area contributed by atoms with E-state index in [1.54, 1.807) is 0 Å². The zero-order valence-electron chi connectivity index (χ0n) is 8.54. The molecule has 0 saturated carbocycles. The Kier molecular flexibility index (Phi) is 3.09. The quantitative estimate of drug-likeness (QED) is 0.723. The molecule has 14 heavy (non-hydrogen) atoms. The van der Waals surface area contributed by atoms with Crippen LogP contribution in [0.1, 0.15) is 25.3 Å². The second-order valence-electron chi connectivity index (χ2n) is 4.05. The van der Waals surface area contributed by atoms with Gasteiger partial charge >= 0.3 is 0 Å². The fourth-order valence-corrected chi connectivity index (χ4v) is 2.27. The van der Waals surface area contributed by atoms with Crippen LogP contribution in [-0.2, 0) is 6.54 Å². The predicted molar refractivity (Wildman–Crippen MR) is 60.6 cm³/mol. The molecule has 0 N–H and O–H groups in total. The van der Waals surface area contributed by atoms with Crippen LogP contribution in [0.25, 0.3) is 0 Å². The van der Waals surface area contributed by atoms with Crippen molar-refractivity contribution in [3.8, 4) is 0 Å². The van der Waals surface area contributed by atoms with Crippen LogP contribution in [0, 0.1) is 0 Å². The zero-order chi connectivity index (χ0) is 9.97. The van der Waals surface area contributed by atoms with Gasteiger partial charge in [0.1, 0.15) is 0 Å². The molecule has 1 nitrogen and oxygen atoms in total. The maximum absolute atomic E-state index is 6.12. The lowest BCUT2D eigenvalue weighted by Crippen LogP contribution is -2.26. The van der Waals surface area contributed by atoms with E-state index in [-0.39, 0.29) is 0 Å². The Labute approximate surface area is 90.7 Å². The molecule has 1 aromatic rings. The van der Waals surface area contributed by atoms with Crippen molar-refractivity contribution in [3.05, 3.63) is 34.9 Å². The van der Waals surface area contributed by atoms with E-state index in [4.69, 9.17) is 11.6 Å². The van der Waals surface area contributed by atoms with Crippen molar-refractivity contribution in [1.29, 1.82) is 0 Å². The molecule has 0 bridgehead atoms. The van der Waals surface area contributed by atoms with Gasteiger partial charge in [-0.15, -0.1) is 0 Å². The maximum Gasteiger partial charge on any atom is 0.0451 e. The van der Waals surface area contributed by atoms with Crippen LogP contribution >= 0.6 is 11.6 Å². The average molecular weight is 210 g/mol. The molecule has 1 atom stereocenters.